The summed E-state index contributed by atoms with van der Waals surface area (Å²) >= 11 is 0. The Balaban J connectivity index is 1.83. The van der Waals surface area contributed by atoms with E-state index < -0.39 is 0 Å². The van der Waals surface area contributed by atoms with Crippen LogP contribution in [0.2, 0.25) is 0 Å². The molecule has 1 aromatic rings. The summed E-state index contributed by atoms with van der Waals surface area (Å²) in [6.45, 7) is 0.872. The van der Waals surface area contributed by atoms with Crippen LogP contribution in [-0.4, -0.2) is 23.4 Å². The number of carbonyl (C=O) groups is 1. The molecular weight excluding hydrogens is 248 g/mol. The molecule has 3 heteroatoms. The van der Waals surface area contributed by atoms with Crippen LogP contribution in [0.15, 0.2) is 24.3 Å². The summed E-state index contributed by atoms with van der Waals surface area (Å²) in [5.74, 6) is 0.805. The quantitative estimate of drug-likeness (QED) is 0.784. The number of hydrogen-bond acceptors (Lipinski definition) is 2. The SMILES string of the molecule is N#Cc1cccc(C(=O)N2CCC[C@H]3CCCC[C@@H]32)c1. The molecule has 1 amide bonds. The molecule has 104 valence electrons. The van der Waals surface area contributed by atoms with Crippen molar-refractivity contribution >= 4 is 5.91 Å². The number of benzene rings is 1. The molecule has 1 aromatic carbocycles. The molecule has 1 saturated heterocycles. The molecule has 0 aromatic heterocycles. The van der Waals surface area contributed by atoms with E-state index in [1.807, 2.05) is 6.07 Å². The molecule has 1 saturated carbocycles. The predicted molar refractivity (Wildman–Crippen MR) is 77.2 cm³/mol. The van der Waals surface area contributed by atoms with Crippen LogP contribution in [0.5, 0.6) is 0 Å². The third-order valence-corrected chi connectivity index (χ3v) is 4.74. The molecule has 0 N–H and O–H groups in total. The fourth-order valence-corrected chi connectivity index (χ4v) is 3.76. The van der Waals surface area contributed by atoms with Crippen molar-refractivity contribution in [1.29, 1.82) is 5.26 Å². The molecule has 2 aliphatic rings. The maximum absolute atomic E-state index is 12.7. The lowest BCUT2D eigenvalue weighted by molar-refractivity contribution is 0.0390. The maximum atomic E-state index is 12.7. The Morgan fingerprint density at radius 3 is 2.85 bits per heavy atom. The van der Waals surface area contributed by atoms with Gasteiger partial charge in [-0.05, 0) is 49.8 Å². The lowest BCUT2D eigenvalue weighted by Gasteiger charge is -2.44. The van der Waals surface area contributed by atoms with Crippen LogP contribution in [0.1, 0.15) is 54.4 Å². The van der Waals surface area contributed by atoms with Crippen LogP contribution >= 0.6 is 0 Å². The van der Waals surface area contributed by atoms with Crippen molar-refractivity contribution in [3.63, 3.8) is 0 Å². The molecule has 2 atom stereocenters. The number of piperidine rings is 1. The van der Waals surface area contributed by atoms with Gasteiger partial charge in [0.15, 0.2) is 0 Å². The molecule has 2 fully saturated rings. The molecule has 0 unspecified atom stereocenters. The first-order valence-electron chi connectivity index (χ1n) is 7.61. The second-order valence-electron chi connectivity index (χ2n) is 5.95. The summed E-state index contributed by atoms with van der Waals surface area (Å²) in [5.41, 5.74) is 1.23. The summed E-state index contributed by atoms with van der Waals surface area (Å²) in [7, 11) is 0. The highest BCUT2D eigenvalue weighted by Gasteiger charge is 2.35. The highest BCUT2D eigenvalue weighted by atomic mass is 16.2. The summed E-state index contributed by atoms with van der Waals surface area (Å²) in [4.78, 5) is 14.8. The number of fused-ring (bicyclic) bond motifs is 1. The van der Waals surface area contributed by atoms with E-state index in [4.69, 9.17) is 5.26 Å². The van der Waals surface area contributed by atoms with Gasteiger partial charge >= 0.3 is 0 Å². The zero-order chi connectivity index (χ0) is 13.9. The number of rotatable bonds is 1. The summed E-state index contributed by atoms with van der Waals surface area (Å²) in [6, 6.07) is 9.63. The monoisotopic (exact) mass is 268 g/mol. The first-order chi connectivity index (χ1) is 9.79. The second-order valence-corrected chi connectivity index (χ2v) is 5.95. The Bertz CT molecular complexity index is 544. The molecule has 0 radical (unpaired) electrons. The fraction of sp³-hybridized carbons (Fsp3) is 0.529. The molecule has 3 nitrogen and oxygen atoms in total. The second kappa shape index (κ2) is 5.66. The standard InChI is InChI=1S/C17H20N2O/c18-12-13-5-3-7-15(11-13)17(20)19-10-4-8-14-6-1-2-9-16(14)19/h3,5,7,11,14,16H,1-2,4,6,8-10H2/t14-,16+/m1/s1. The third kappa shape index (κ3) is 2.43. The molecule has 3 rings (SSSR count). The van der Waals surface area contributed by atoms with Gasteiger partial charge in [0.05, 0.1) is 11.6 Å². The van der Waals surface area contributed by atoms with Crippen molar-refractivity contribution < 1.29 is 4.79 Å². The van der Waals surface area contributed by atoms with E-state index in [2.05, 4.69) is 11.0 Å². The molecule has 0 spiro atoms. The Kier molecular flexibility index (Phi) is 3.73. The highest BCUT2D eigenvalue weighted by molar-refractivity contribution is 5.94. The van der Waals surface area contributed by atoms with Gasteiger partial charge in [-0.1, -0.05) is 18.9 Å². The zero-order valence-electron chi connectivity index (χ0n) is 11.7. The summed E-state index contributed by atoms with van der Waals surface area (Å²) < 4.78 is 0. The van der Waals surface area contributed by atoms with E-state index in [1.54, 1.807) is 18.2 Å². The minimum atomic E-state index is 0.110. The molecule has 20 heavy (non-hydrogen) atoms. The van der Waals surface area contributed by atoms with Crippen LogP contribution in [0.3, 0.4) is 0 Å². The third-order valence-electron chi connectivity index (χ3n) is 4.74. The molecule has 1 aliphatic carbocycles. The largest absolute Gasteiger partial charge is 0.335 e. The number of amides is 1. The van der Waals surface area contributed by atoms with Crippen molar-refractivity contribution in [2.75, 3.05) is 6.54 Å². The maximum Gasteiger partial charge on any atom is 0.254 e. The molecule has 0 bridgehead atoms. The van der Waals surface area contributed by atoms with Gasteiger partial charge in [0.25, 0.3) is 5.91 Å². The average molecular weight is 268 g/mol. The average Bonchev–Trinajstić information content (AvgIpc) is 2.53. The van der Waals surface area contributed by atoms with Gasteiger partial charge in [-0.3, -0.25) is 4.79 Å². The Hall–Kier alpha value is -1.82. The number of nitriles is 1. The Morgan fingerprint density at radius 2 is 2.00 bits per heavy atom. The van der Waals surface area contributed by atoms with Crippen LogP contribution in [-0.2, 0) is 0 Å². The van der Waals surface area contributed by atoms with Gasteiger partial charge in [0.2, 0.25) is 0 Å². The van der Waals surface area contributed by atoms with E-state index in [9.17, 15) is 4.79 Å². The van der Waals surface area contributed by atoms with Gasteiger partial charge in [-0.25, -0.2) is 0 Å². The van der Waals surface area contributed by atoms with Crippen LogP contribution in [0.4, 0.5) is 0 Å². The van der Waals surface area contributed by atoms with Gasteiger partial charge < -0.3 is 4.90 Å². The summed E-state index contributed by atoms with van der Waals surface area (Å²) in [5, 5.41) is 8.97. The normalized spacial score (nSPS) is 25.6. The molecular formula is C17H20N2O. The zero-order valence-corrected chi connectivity index (χ0v) is 11.7. The predicted octanol–water partition coefficient (Wildman–Crippen LogP) is 3.35. The van der Waals surface area contributed by atoms with Crippen LogP contribution < -0.4 is 0 Å². The van der Waals surface area contributed by atoms with Gasteiger partial charge in [0, 0.05) is 18.2 Å². The first-order valence-corrected chi connectivity index (χ1v) is 7.61. The Morgan fingerprint density at radius 1 is 1.20 bits per heavy atom. The van der Waals surface area contributed by atoms with Crippen LogP contribution in [0, 0.1) is 17.2 Å². The topological polar surface area (TPSA) is 44.1 Å². The lowest BCUT2D eigenvalue weighted by Crippen LogP contribution is -2.49. The van der Waals surface area contributed by atoms with Crippen LogP contribution in [0.25, 0.3) is 0 Å². The van der Waals surface area contributed by atoms with E-state index in [-0.39, 0.29) is 5.91 Å². The molecule has 1 aliphatic heterocycles. The number of carbonyl (C=O) groups excluding carboxylic acids is 1. The van der Waals surface area contributed by atoms with Gasteiger partial charge in [-0.2, -0.15) is 5.26 Å². The first kappa shape index (κ1) is 13.2. The minimum absolute atomic E-state index is 0.110. The van der Waals surface area contributed by atoms with E-state index >= 15 is 0 Å². The summed E-state index contributed by atoms with van der Waals surface area (Å²) in [6.07, 6.45) is 7.36. The van der Waals surface area contributed by atoms with E-state index in [1.165, 1.54) is 25.7 Å². The van der Waals surface area contributed by atoms with Gasteiger partial charge in [-0.15, -0.1) is 0 Å². The minimum Gasteiger partial charge on any atom is -0.335 e. The molecule has 1 heterocycles. The Labute approximate surface area is 120 Å². The van der Waals surface area contributed by atoms with Crippen molar-refractivity contribution in [2.24, 2.45) is 5.92 Å². The van der Waals surface area contributed by atoms with E-state index in [0.717, 1.165) is 19.4 Å². The van der Waals surface area contributed by atoms with Crippen molar-refractivity contribution in [2.45, 2.75) is 44.6 Å². The fourth-order valence-electron chi connectivity index (χ4n) is 3.76. The lowest BCUT2D eigenvalue weighted by atomic mass is 9.78. The van der Waals surface area contributed by atoms with Gasteiger partial charge in [0.1, 0.15) is 0 Å². The van der Waals surface area contributed by atoms with Crippen molar-refractivity contribution in [3.05, 3.63) is 35.4 Å². The smallest absolute Gasteiger partial charge is 0.254 e. The van der Waals surface area contributed by atoms with Crippen molar-refractivity contribution in [1.82, 2.24) is 4.90 Å². The highest BCUT2D eigenvalue weighted by Crippen LogP contribution is 2.35. The van der Waals surface area contributed by atoms with E-state index in [0.29, 0.717) is 23.1 Å². The van der Waals surface area contributed by atoms with Crippen molar-refractivity contribution in [3.8, 4) is 6.07 Å². The number of likely N-dealkylation sites (tertiary alicyclic amines) is 1. The number of hydrogen-bond donors (Lipinski definition) is 0. The number of nitrogens with zero attached hydrogens (tertiary/aromatic N) is 2.